The Morgan fingerprint density at radius 2 is 2.21 bits per heavy atom. The lowest BCUT2D eigenvalue weighted by Gasteiger charge is -2.29. The molecule has 3 aromatic rings. The highest BCUT2D eigenvalue weighted by atomic mass is 35.5. The summed E-state index contributed by atoms with van der Waals surface area (Å²) < 4.78 is 13.5. The smallest absolute Gasteiger partial charge is 0.317 e. The number of aromatic nitrogens is 2. The summed E-state index contributed by atoms with van der Waals surface area (Å²) in [5, 5.41) is 16.0. The van der Waals surface area contributed by atoms with Gasteiger partial charge in [-0.1, -0.05) is 29.8 Å². The fourth-order valence-corrected chi connectivity index (χ4v) is 3.63. The minimum absolute atomic E-state index is 0.0141. The number of anilines is 1. The number of H-pyrrole nitrogens is 1. The van der Waals surface area contributed by atoms with Crippen molar-refractivity contribution in [2.24, 2.45) is 0 Å². The van der Waals surface area contributed by atoms with Crippen molar-refractivity contribution in [3.8, 4) is 0 Å². The largest absolute Gasteiger partial charge is 0.394 e. The number of hydrogen-bond donors (Lipinski definition) is 4. The van der Waals surface area contributed by atoms with Gasteiger partial charge in [0, 0.05) is 19.6 Å². The molecule has 9 heteroatoms. The Morgan fingerprint density at radius 3 is 2.90 bits per heavy atom. The zero-order chi connectivity index (χ0) is 20.6. The molecule has 1 saturated heterocycles. The fourth-order valence-electron chi connectivity index (χ4n) is 3.45. The summed E-state index contributed by atoms with van der Waals surface area (Å²) in [6.07, 6.45) is 0. The molecule has 152 valence electrons. The van der Waals surface area contributed by atoms with Gasteiger partial charge >= 0.3 is 6.03 Å². The molecular weight excluding hydrogens is 397 g/mol. The van der Waals surface area contributed by atoms with Crippen LogP contribution >= 0.6 is 11.6 Å². The first-order chi connectivity index (χ1) is 13.9. The number of urea groups is 1. The van der Waals surface area contributed by atoms with Gasteiger partial charge in [0.2, 0.25) is 5.95 Å². The molecule has 4 N–H and O–H groups in total. The number of aromatic amines is 1. The molecule has 0 bridgehead atoms. The van der Waals surface area contributed by atoms with Crippen LogP contribution in [0.1, 0.15) is 18.1 Å². The summed E-state index contributed by atoms with van der Waals surface area (Å²) >= 11 is 5.91. The van der Waals surface area contributed by atoms with E-state index in [1.165, 1.54) is 12.1 Å². The SMILES string of the molecule is CC(CO)(Nc1nc2c(CN3CCNC3=O)cccc2[nH]1)c1ccc(F)c(Cl)c1. The van der Waals surface area contributed by atoms with Crippen LogP contribution in [0.2, 0.25) is 5.02 Å². The highest BCUT2D eigenvalue weighted by molar-refractivity contribution is 6.30. The second-order valence-electron chi connectivity index (χ2n) is 7.30. The van der Waals surface area contributed by atoms with Gasteiger partial charge < -0.3 is 25.6 Å². The lowest BCUT2D eigenvalue weighted by atomic mass is 9.93. The van der Waals surface area contributed by atoms with E-state index in [1.807, 2.05) is 18.2 Å². The van der Waals surface area contributed by atoms with Crippen LogP contribution in [0.4, 0.5) is 15.1 Å². The third-order valence-electron chi connectivity index (χ3n) is 5.17. The number of para-hydroxylation sites is 1. The topological polar surface area (TPSA) is 93.3 Å². The van der Waals surface area contributed by atoms with Crippen LogP contribution in [-0.4, -0.2) is 45.7 Å². The maximum Gasteiger partial charge on any atom is 0.317 e. The molecule has 29 heavy (non-hydrogen) atoms. The Labute approximate surface area is 171 Å². The minimum atomic E-state index is -0.930. The number of nitrogens with one attached hydrogen (secondary N) is 3. The number of benzene rings is 2. The van der Waals surface area contributed by atoms with Gasteiger partial charge in [-0.25, -0.2) is 14.2 Å². The molecule has 1 atom stereocenters. The van der Waals surface area contributed by atoms with E-state index >= 15 is 0 Å². The normalized spacial score (nSPS) is 16.1. The molecule has 1 aliphatic rings. The summed E-state index contributed by atoms with van der Waals surface area (Å²) in [4.78, 5) is 21.4. The van der Waals surface area contributed by atoms with Crippen molar-refractivity contribution in [3.63, 3.8) is 0 Å². The predicted octanol–water partition coefficient (Wildman–Crippen LogP) is 3.20. The molecule has 2 heterocycles. The predicted molar refractivity (Wildman–Crippen MR) is 109 cm³/mol. The maximum absolute atomic E-state index is 13.5. The van der Waals surface area contributed by atoms with Crippen LogP contribution in [0.15, 0.2) is 36.4 Å². The van der Waals surface area contributed by atoms with Gasteiger partial charge in [0.15, 0.2) is 0 Å². The molecule has 2 aromatic carbocycles. The van der Waals surface area contributed by atoms with Crippen molar-refractivity contribution in [1.29, 1.82) is 0 Å². The number of rotatable bonds is 6. The third kappa shape index (κ3) is 3.73. The Morgan fingerprint density at radius 1 is 1.38 bits per heavy atom. The Kier molecular flexibility index (Phi) is 5.06. The lowest BCUT2D eigenvalue weighted by Crippen LogP contribution is -2.36. The molecule has 1 aliphatic heterocycles. The number of carbonyl (C=O) groups excluding carboxylic acids is 1. The van der Waals surface area contributed by atoms with Crippen molar-refractivity contribution < 1.29 is 14.3 Å². The highest BCUT2D eigenvalue weighted by Gasteiger charge is 2.28. The molecule has 1 aromatic heterocycles. The molecule has 1 fully saturated rings. The van der Waals surface area contributed by atoms with Gasteiger partial charge in [-0.15, -0.1) is 0 Å². The first-order valence-corrected chi connectivity index (χ1v) is 9.62. The number of amides is 2. The number of aliphatic hydroxyl groups is 1. The van der Waals surface area contributed by atoms with Gasteiger partial charge in [-0.05, 0) is 36.2 Å². The number of hydrogen-bond acceptors (Lipinski definition) is 4. The molecule has 0 saturated carbocycles. The second-order valence-corrected chi connectivity index (χ2v) is 7.70. The summed E-state index contributed by atoms with van der Waals surface area (Å²) in [5.41, 5.74) is 2.16. The summed E-state index contributed by atoms with van der Waals surface area (Å²) in [5.74, 6) is -0.0645. The van der Waals surface area contributed by atoms with Crippen molar-refractivity contribution in [1.82, 2.24) is 20.2 Å². The number of nitrogens with zero attached hydrogens (tertiary/aromatic N) is 2. The van der Waals surface area contributed by atoms with Crippen LogP contribution in [0.5, 0.6) is 0 Å². The molecule has 7 nitrogen and oxygen atoms in total. The summed E-state index contributed by atoms with van der Waals surface area (Å²) in [6.45, 7) is 3.26. The number of fused-ring (bicyclic) bond motifs is 1. The molecule has 2 amide bonds. The maximum atomic E-state index is 13.5. The van der Waals surface area contributed by atoms with Gasteiger partial charge in [-0.2, -0.15) is 0 Å². The van der Waals surface area contributed by atoms with E-state index in [1.54, 1.807) is 17.9 Å². The van der Waals surface area contributed by atoms with Crippen LogP contribution in [0, 0.1) is 5.82 Å². The lowest BCUT2D eigenvalue weighted by molar-refractivity contribution is 0.215. The van der Waals surface area contributed by atoms with E-state index in [4.69, 9.17) is 11.6 Å². The highest BCUT2D eigenvalue weighted by Crippen LogP contribution is 2.29. The average Bonchev–Trinajstić information content (AvgIpc) is 3.30. The summed E-state index contributed by atoms with van der Waals surface area (Å²) in [6, 6.07) is 9.97. The van der Waals surface area contributed by atoms with Crippen molar-refractivity contribution >= 4 is 34.6 Å². The number of imidazole rings is 1. The molecule has 4 rings (SSSR count). The fraction of sp³-hybridized carbons (Fsp3) is 0.300. The average molecular weight is 418 g/mol. The number of aliphatic hydroxyl groups excluding tert-OH is 1. The van der Waals surface area contributed by atoms with E-state index in [0.29, 0.717) is 31.1 Å². The first-order valence-electron chi connectivity index (χ1n) is 9.24. The third-order valence-corrected chi connectivity index (χ3v) is 5.46. The second kappa shape index (κ2) is 7.53. The number of carbonyl (C=O) groups is 1. The molecular formula is C20H21ClFN5O2. The minimum Gasteiger partial charge on any atom is -0.394 e. The van der Waals surface area contributed by atoms with E-state index in [0.717, 1.165) is 16.6 Å². The van der Waals surface area contributed by atoms with Crippen LogP contribution in [0.25, 0.3) is 11.0 Å². The van der Waals surface area contributed by atoms with Gasteiger partial charge in [0.05, 0.1) is 28.2 Å². The van der Waals surface area contributed by atoms with Crippen LogP contribution in [0.3, 0.4) is 0 Å². The standard InChI is InChI=1S/C20H21ClFN5O2/c1-20(11-28,13-5-6-15(22)14(21)9-13)26-18-24-16-4-2-3-12(17(16)25-18)10-27-8-7-23-19(27)29/h2-6,9,28H,7-8,10-11H2,1H3,(H,23,29)(H2,24,25,26). The van der Waals surface area contributed by atoms with E-state index < -0.39 is 11.4 Å². The molecule has 0 spiro atoms. The zero-order valence-electron chi connectivity index (χ0n) is 15.8. The Balaban J connectivity index is 1.64. The van der Waals surface area contributed by atoms with E-state index in [9.17, 15) is 14.3 Å². The van der Waals surface area contributed by atoms with Crippen LogP contribution in [-0.2, 0) is 12.1 Å². The van der Waals surface area contributed by atoms with Gasteiger partial charge in [0.25, 0.3) is 0 Å². The number of halogens is 2. The van der Waals surface area contributed by atoms with Crippen molar-refractivity contribution in [2.75, 3.05) is 25.0 Å². The first kappa shape index (κ1) is 19.5. The quantitative estimate of drug-likeness (QED) is 0.495. The Bertz CT molecular complexity index is 1070. The van der Waals surface area contributed by atoms with Gasteiger partial charge in [0.1, 0.15) is 5.82 Å². The van der Waals surface area contributed by atoms with Gasteiger partial charge in [-0.3, -0.25) is 0 Å². The monoisotopic (exact) mass is 417 g/mol. The Hall–Kier alpha value is -2.84. The zero-order valence-corrected chi connectivity index (χ0v) is 16.6. The van der Waals surface area contributed by atoms with E-state index in [2.05, 4.69) is 20.6 Å². The van der Waals surface area contributed by atoms with E-state index in [-0.39, 0.29) is 17.7 Å². The molecule has 0 radical (unpaired) electrons. The van der Waals surface area contributed by atoms with Crippen molar-refractivity contribution in [3.05, 3.63) is 58.4 Å². The van der Waals surface area contributed by atoms with Crippen molar-refractivity contribution in [2.45, 2.75) is 19.0 Å². The summed E-state index contributed by atoms with van der Waals surface area (Å²) in [7, 11) is 0. The molecule has 1 unspecified atom stereocenters. The van der Waals surface area contributed by atoms with Crippen LogP contribution < -0.4 is 10.6 Å². The molecule has 0 aliphatic carbocycles.